The minimum Gasteiger partial charge on any atom is -0.488 e. The molecule has 0 N–H and O–H groups in total. The number of benzene rings is 2. The van der Waals surface area contributed by atoms with Gasteiger partial charge in [0.1, 0.15) is 12.4 Å². The lowest BCUT2D eigenvalue weighted by Gasteiger charge is -2.25. The molecule has 4 rings (SSSR count). The average Bonchev–Trinajstić information content (AvgIpc) is 3.17. The third-order valence-electron chi connectivity index (χ3n) is 6.05. The highest BCUT2D eigenvalue weighted by molar-refractivity contribution is 9.10. The van der Waals surface area contributed by atoms with Crippen molar-refractivity contribution in [1.29, 1.82) is 0 Å². The van der Waals surface area contributed by atoms with Crippen LogP contribution in [-0.4, -0.2) is 23.8 Å². The van der Waals surface area contributed by atoms with Crippen molar-refractivity contribution >= 4 is 39.3 Å². The van der Waals surface area contributed by atoms with Gasteiger partial charge < -0.3 is 9.47 Å². The number of allylic oxidation sites excluding steroid dienone is 1. The van der Waals surface area contributed by atoms with Gasteiger partial charge in [0.25, 0.3) is 5.56 Å². The number of carbonyl (C=O) groups excluding carboxylic acids is 1. The maximum atomic E-state index is 13.8. The van der Waals surface area contributed by atoms with E-state index in [1.54, 1.807) is 24.5 Å². The van der Waals surface area contributed by atoms with Crippen LogP contribution in [0.4, 0.5) is 0 Å². The minimum absolute atomic E-state index is 0.209. The van der Waals surface area contributed by atoms with Crippen molar-refractivity contribution in [2.45, 2.75) is 39.7 Å². The predicted octanol–water partition coefficient (Wildman–Crippen LogP) is 5.25. The molecular formula is C29H29BrN2O4S. The first kappa shape index (κ1) is 26.8. The van der Waals surface area contributed by atoms with Crippen LogP contribution in [0.5, 0.6) is 5.75 Å². The van der Waals surface area contributed by atoms with Gasteiger partial charge in [0.05, 0.1) is 32.9 Å². The van der Waals surface area contributed by atoms with Crippen molar-refractivity contribution in [3.63, 3.8) is 0 Å². The largest absolute Gasteiger partial charge is 0.488 e. The fraction of sp³-hybridized carbons (Fsp3) is 0.276. The summed E-state index contributed by atoms with van der Waals surface area (Å²) in [4.78, 5) is 32.0. The molecule has 192 valence electrons. The second-order valence-electron chi connectivity index (χ2n) is 8.91. The molecule has 0 bridgehead atoms. The molecule has 0 aliphatic carbocycles. The summed E-state index contributed by atoms with van der Waals surface area (Å²) in [5, 5.41) is 0. The van der Waals surface area contributed by atoms with Crippen LogP contribution < -0.4 is 19.6 Å². The van der Waals surface area contributed by atoms with E-state index in [0.717, 1.165) is 15.6 Å². The van der Waals surface area contributed by atoms with Crippen molar-refractivity contribution in [2.75, 3.05) is 13.2 Å². The molecule has 8 heteroatoms. The lowest BCUT2D eigenvalue weighted by molar-refractivity contribution is -0.139. The lowest BCUT2D eigenvalue weighted by Crippen LogP contribution is -2.39. The Morgan fingerprint density at radius 3 is 2.59 bits per heavy atom. The molecule has 2 heterocycles. The van der Waals surface area contributed by atoms with Crippen molar-refractivity contribution in [2.24, 2.45) is 4.99 Å². The van der Waals surface area contributed by atoms with Gasteiger partial charge >= 0.3 is 5.97 Å². The van der Waals surface area contributed by atoms with E-state index in [9.17, 15) is 9.59 Å². The first-order valence-corrected chi connectivity index (χ1v) is 13.7. The first-order chi connectivity index (χ1) is 17.7. The van der Waals surface area contributed by atoms with E-state index < -0.39 is 12.0 Å². The van der Waals surface area contributed by atoms with Crippen molar-refractivity contribution in [1.82, 2.24) is 4.57 Å². The summed E-state index contributed by atoms with van der Waals surface area (Å²) in [6.07, 6.45) is 3.51. The molecule has 3 aromatic rings. The van der Waals surface area contributed by atoms with E-state index in [1.807, 2.05) is 48.5 Å². The third kappa shape index (κ3) is 5.55. The van der Waals surface area contributed by atoms with Crippen LogP contribution in [0, 0.1) is 0 Å². The first-order valence-electron chi connectivity index (χ1n) is 12.1. The maximum absolute atomic E-state index is 13.8. The fourth-order valence-corrected chi connectivity index (χ4v) is 5.75. The smallest absolute Gasteiger partial charge is 0.338 e. The van der Waals surface area contributed by atoms with E-state index in [4.69, 9.17) is 9.47 Å². The van der Waals surface area contributed by atoms with E-state index in [-0.39, 0.29) is 12.2 Å². The Morgan fingerprint density at radius 2 is 1.97 bits per heavy atom. The van der Waals surface area contributed by atoms with Gasteiger partial charge in [0.2, 0.25) is 0 Å². The minimum atomic E-state index is -0.625. The van der Waals surface area contributed by atoms with Crippen molar-refractivity contribution in [3.05, 3.63) is 107 Å². The van der Waals surface area contributed by atoms with Crippen LogP contribution in [-0.2, 0) is 9.53 Å². The van der Waals surface area contributed by atoms with E-state index in [2.05, 4.69) is 41.3 Å². The lowest BCUT2D eigenvalue weighted by atomic mass is 9.93. The van der Waals surface area contributed by atoms with Gasteiger partial charge in [0.15, 0.2) is 4.80 Å². The van der Waals surface area contributed by atoms with E-state index in [0.29, 0.717) is 38.9 Å². The summed E-state index contributed by atoms with van der Waals surface area (Å²) in [6, 6.07) is 13.1. The Hall–Kier alpha value is -3.23. The molecule has 37 heavy (non-hydrogen) atoms. The van der Waals surface area contributed by atoms with Crippen molar-refractivity contribution < 1.29 is 14.3 Å². The van der Waals surface area contributed by atoms with Crippen LogP contribution in [0.1, 0.15) is 56.3 Å². The quantitative estimate of drug-likeness (QED) is 0.269. The molecule has 1 atom stereocenters. The summed E-state index contributed by atoms with van der Waals surface area (Å²) in [5.41, 5.74) is 3.57. The fourth-order valence-electron chi connectivity index (χ4n) is 4.19. The predicted molar refractivity (Wildman–Crippen MR) is 151 cm³/mol. The number of carbonyl (C=O) groups is 1. The zero-order chi connectivity index (χ0) is 26.7. The Kier molecular flexibility index (Phi) is 8.29. The van der Waals surface area contributed by atoms with E-state index in [1.165, 1.54) is 16.9 Å². The maximum Gasteiger partial charge on any atom is 0.338 e. The Bertz CT molecular complexity index is 1550. The van der Waals surface area contributed by atoms with Gasteiger partial charge in [-0.3, -0.25) is 9.36 Å². The summed E-state index contributed by atoms with van der Waals surface area (Å²) in [5.74, 6) is 0.596. The number of aromatic nitrogens is 1. The topological polar surface area (TPSA) is 69.9 Å². The van der Waals surface area contributed by atoms with Crippen molar-refractivity contribution in [3.8, 4) is 5.75 Å². The number of nitrogens with zero attached hydrogens (tertiary/aromatic N) is 2. The Morgan fingerprint density at radius 1 is 1.24 bits per heavy atom. The van der Waals surface area contributed by atoms with Gasteiger partial charge in [-0.1, -0.05) is 68.2 Å². The molecule has 0 unspecified atom stereocenters. The summed E-state index contributed by atoms with van der Waals surface area (Å²) < 4.78 is 13.9. The number of ether oxygens (including phenoxy) is 2. The third-order valence-corrected chi connectivity index (χ3v) is 7.65. The molecule has 2 aromatic carbocycles. The van der Waals surface area contributed by atoms with E-state index >= 15 is 0 Å². The average molecular weight is 582 g/mol. The molecule has 0 saturated heterocycles. The van der Waals surface area contributed by atoms with Crippen LogP contribution >= 0.6 is 27.3 Å². The Balaban J connectivity index is 1.86. The number of esters is 1. The number of halogens is 1. The summed E-state index contributed by atoms with van der Waals surface area (Å²) in [7, 11) is 0. The molecule has 0 radical (unpaired) electrons. The number of hydrogen-bond acceptors (Lipinski definition) is 6. The number of hydrogen-bond donors (Lipinski definition) is 0. The molecule has 0 fully saturated rings. The molecular weight excluding hydrogens is 552 g/mol. The SMILES string of the molecule is C=CCOc1ccc(/C=c2\sc3n(c2=O)[C@@H](c2ccc(C(C)C)cc2)C(C(=O)OCC)=C(C)N=3)cc1Br. The Labute approximate surface area is 228 Å². The van der Waals surface area contributed by atoms with Gasteiger partial charge in [-0.05, 0) is 70.6 Å². The van der Waals surface area contributed by atoms with Crippen LogP contribution in [0.15, 0.2) is 80.6 Å². The molecule has 0 amide bonds. The second kappa shape index (κ2) is 11.4. The van der Waals surface area contributed by atoms with Gasteiger partial charge in [0, 0.05) is 0 Å². The number of thiazole rings is 1. The van der Waals surface area contributed by atoms with Gasteiger partial charge in [-0.2, -0.15) is 0 Å². The monoisotopic (exact) mass is 580 g/mol. The molecule has 1 aliphatic rings. The van der Waals surface area contributed by atoms with Crippen LogP contribution in [0.25, 0.3) is 6.08 Å². The molecule has 1 aromatic heterocycles. The highest BCUT2D eigenvalue weighted by Gasteiger charge is 2.33. The molecule has 0 spiro atoms. The molecule has 0 saturated carbocycles. The van der Waals surface area contributed by atoms with Gasteiger partial charge in [-0.15, -0.1) is 0 Å². The molecule has 1 aliphatic heterocycles. The van der Waals surface area contributed by atoms with Gasteiger partial charge in [-0.25, -0.2) is 9.79 Å². The summed E-state index contributed by atoms with van der Waals surface area (Å²) in [6.45, 7) is 12.1. The second-order valence-corrected chi connectivity index (χ2v) is 10.8. The normalized spacial score (nSPS) is 15.4. The standard InChI is InChI=1S/C29H29BrN2O4S/c1-6-14-36-23-13-8-19(15-22(23)30)16-24-27(33)32-26(21-11-9-20(10-12-21)17(3)4)25(28(34)35-7-2)18(5)31-29(32)37-24/h6,8-13,15-17,26H,1,7,14H2,2-5H3/b24-16-/t26-/m0/s1. The summed E-state index contributed by atoms with van der Waals surface area (Å²) >= 11 is 4.83. The zero-order valence-corrected chi connectivity index (χ0v) is 23.7. The van der Waals surface area contributed by atoms with Crippen LogP contribution in [0.3, 0.4) is 0 Å². The highest BCUT2D eigenvalue weighted by atomic mass is 79.9. The zero-order valence-electron chi connectivity index (χ0n) is 21.3. The highest BCUT2D eigenvalue weighted by Crippen LogP contribution is 2.31. The number of rotatable bonds is 8. The van der Waals surface area contributed by atoms with Crippen LogP contribution in [0.2, 0.25) is 0 Å². The molecule has 6 nitrogen and oxygen atoms in total. The number of fused-ring (bicyclic) bond motifs is 1.